The van der Waals surface area contributed by atoms with Gasteiger partial charge in [0.1, 0.15) is 6.23 Å². The molecule has 0 rings (SSSR count). The molecule has 0 amide bonds. The minimum Gasteiger partial charge on any atom is -0.378 e. The van der Waals surface area contributed by atoms with Crippen molar-refractivity contribution in [1.82, 2.24) is 0 Å². The van der Waals surface area contributed by atoms with Crippen molar-refractivity contribution in [2.75, 3.05) is 0 Å². The van der Waals surface area contributed by atoms with Crippen LogP contribution in [0, 0.1) is 5.41 Å². The summed E-state index contributed by atoms with van der Waals surface area (Å²) in [7, 11) is 0. The highest BCUT2D eigenvalue weighted by Gasteiger charge is 2.16. The van der Waals surface area contributed by atoms with Crippen molar-refractivity contribution in [3.05, 3.63) is 0 Å². The van der Waals surface area contributed by atoms with Gasteiger partial charge in [-0.3, -0.25) is 0 Å². The van der Waals surface area contributed by atoms with Crippen molar-refractivity contribution in [2.45, 2.75) is 27.0 Å². The molecule has 0 heterocycles. The maximum absolute atomic E-state index is 8.67. The molecule has 0 aliphatic heterocycles. The van der Waals surface area contributed by atoms with Gasteiger partial charge in [-0.2, -0.15) is 0 Å². The van der Waals surface area contributed by atoms with Crippen molar-refractivity contribution >= 4 is 0 Å². The zero-order valence-electron chi connectivity index (χ0n) is 5.10. The summed E-state index contributed by atoms with van der Waals surface area (Å²) in [6.45, 7) is 5.66. The molecule has 7 heavy (non-hydrogen) atoms. The Kier molecular flexibility index (Phi) is 1.78. The fourth-order valence-corrected chi connectivity index (χ4v) is 0. The van der Waals surface area contributed by atoms with E-state index < -0.39 is 6.23 Å². The van der Waals surface area contributed by atoms with Crippen molar-refractivity contribution in [2.24, 2.45) is 11.1 Å². The Morgan fingerprint density at radius 2 is 1.57 bits per heavy atom. The van der Waals surface area contributed by atoms with E-state index in [2.05, 4.69) is 0 Å². The van der Waals surface area contributed by atoms with Crippen LogP contribution in [0.25, 0.3) is 0 Å². The van der Waals surface area contributed by atoms with Gasteiger partial charge in [0.05, 0.1) is 0 Å². The molecule has 44 valence electrons. The predicted octanol–water partition coefficient (Wildman–Crippen LogP) is 0.310. The fraction of sp³-hybridized carbons (Fsp3) is 1.00. The summed E-state index contributed by atoms with van der Waals surface area (Å²) in [4.78, 5) is 0. The number of rotatable bonds is 0. The lowest BCUT2D eigenvalue weighted by Crippen LogP contribution is -2.34. The van der Waals surface area contributed by atoms with Gasteiger partial charge in [-0.25, -0.2) is 0 Å². The molecule has 2 heteroatoms. The van der Waals surface area contributed by atoms with Crippen LogP contribution in [-0.2, 0) is 0 Å². The molecule has 2 nitrogen and oxygen atoms in total. The van der Waals surface area contributed by atoms with Gasteiger partial charge in [-0.15, -0.1) is 0 Å². The van der Waals surface area contributed by atoms with Crippen LogP contribution in [0.15, 0.2) is 0 Å². The first-order valence-corrected chi connectivity index (χ1v) is 2.38. The Hall–Kier alpha value is -0.0800. The Balaban J connectivity index is 3.54. The molecule has 3 N–H and O–H groups in total. The van der Waals surface area contributed by atoms with Gasteiger partial charge in [0, 0.05) is 5.41 Å². The van der Waals surface area contributed by atoms with Crippen molar-refractivity contribution in [3.8, 4) is 0 Å². The highest BCUT2D eigenvalue weighted by atomic mass is 16.3. The molecule has 0 aromatic carbocycles. The van der Waals surface area contributed by atoms with Crippen molar-refractivity contribution in [3.63, 3.8) is 0 Å². The molecular weight excluding hydrogens is 90.1 g/mol. The second-order valence-electron chi connectivity index (χ2n) is 2.81. The summed E-state index contributed by atoms with van der Waals surface area (Å²) in [5.41, 5.74) is 4.96. The quantitative estimate of drug-likeness (QED) is 0.433. The molecule has 0 aliphatic carbocycles. The monoisotopic (exact) mass is 103 g/mol. The van der Waals surface area contributed by atoms with E-state index in [0.29, 0.717) is 0 Å². The zero-order valence-corrected chi connectivity index (χ0v) is 5.10. The van der Waals surface area contributed by atoms with E-state index in [-0.39, 0.29) is 5.41 Å². The van der Waals surface area contributed by atoms with Crippen molar-refractivity contribution in [1.29, 1.82) is 0 Å². The Morgan fingerprint density at radius 3 is 1.57 bits per heavy atom. The average molecular weight is 103 g/mol. The van der Waals surface area contributed by atoms with Crippen LogP contribution >= 0.6 is 0 Å². The van der Waals surface area contributed by atoms with Crippen LogP contribution < -0.4 is 5.73 Å². The minimum absolute atomic E-state index is 0.167. The fourth-order valence-electron chi connectivity index (χ4n) is 0. The summed E-state index contributed by atoms with van der Waals surface area (Å²) >= 11 is 0. The molecule has 0 spiro atoms. The smallest absolute Gasteiger partial charge is 0.107 e. The van der Waals surface area contributed by atoms with Gasteiger partial charge in [0.2, 0.25) is 0 Å². The number of aliphatic hydroxyl groups excluding tert-OH is 1. The van der Waals surface area contributed by atoms with Gasteiger partial charge in [0.25, 0.3) is 0 Å². The minimum atomic E-state index is -0.701. The van der Waals surface area contributed by atoms with E-state index in [0.717, 1.165) is 0 Å². The van der Waals surface area contributed by atoms with E-state index in [9.17, 15) is 0 Å². The zero-order chi connectivity index (χ0) is 6.08. The van der Waals surface area contributed by atoms with E-state index in [1.54, 1.807) is 0 Å². The van der Waals surface area contributed by atoms with Gasteiger partial charge < -0.3 is 10.8 Å². The molecule has 0 radical (unpaired) electrons. The largest absolute Gasteiger partial charge is 0.378 e. The molecule has 0 aromatic heterocycles. The maximum atomic E-state index is 8.67. The average Bonchev–Trinajstić information content (AvgIpc) is 1.31. The summed E-state index contributed by atoms with van der Waals surface area (Å²) in [6, 6.07) is 0. The molecule has 0 aliphatic rings. The topological polar surface area (TPSA) is 46.2 Å². The second kappa shape index (κ2) is 1.80. The van der Waals surface area contributed by atoms with Crippen LogP contribution in [0.3, 0.4) is 0 Å². The van der Waals surface area contributed by atoms with E-state index in [1.807, 2.05) is 20.8 Å². The predicted molar refractivity (Wildman–Crippen MR) is 29.6 cm³/mol. The van der Waals surface area contributed by atoms with E-state index in [1.165, 1.54) is 0 Å². The Bertz CT molecular complexity index is 53.6. The van der Waals surface area contributed by atoms with Gasteiger partial charge in [-0.1, -0.05) is 20.8 Å². The standard InChI is InChI=1S/C5H13NO/c1-5(2,3)4(6)7/h4,7H,6H2,1-3H3. The van der Waals surface area contributed by atoms with Crippen molar-refractivity contribution < 1.29 is 5.11 Å². The van der Waals surface area contributed by atoms with Gasteiger partial charge in [-0.05, 0) is 0 Å². The highest BCUT2D eigenvalue weighted by molar-refractivity contribution is 4.65. The highest BCUT2D eigenvalue weighted by Crippen LogP contribution is 2.13. The summed E-state index contributed by atoms with van der Waals surface area (Å²) < 4.78 is 0. The van der Waals surface area contributed by atoms with Crippen LogP contribution in [0.5, 0.6) is 0 Å². The number of hydrogen-bond donors (Lipinski definition) is 2. The molecule has 0 fully saturated rings. The molecular formula is C5H13NO. The van der Waals surface area contributed by atoms with Crippen LogP contribution in [0.1, 0.15) is 20.8 Å². The first kappa shape index (κ1) is 6.92. The lowest BCUT2D eigenvalue weighted by molar-refractivity contribution is 0.0692. The van der Waals surface area contributed by atoms with Crippen LogP contribution in [0.4, 0.5) is 0 Å². The Labute approximate surface area is 44.3 Å². The van der Waals surface area contributed by atoms with E-state index in [4.69, 9.17) is 10.8 Å². The third-order valence-electron chi connectivity index (χ3n) is 0.887. The summed E-state index contributed by atoms with van der Waals surface area (Å²) in [5, 5.41) is 8.67. The first-order chi connectivity index (χ1) is 2.94. The Morgan fingerprint density at radius 1 is 1.43 bits per heavy atom. The lowest BCUT2D eigenvalue weighted by Gasteiger charge is -2.20. The normalized spacial score (nSPS) is 16.7. The molecule has 1 unspecified atom stereocenters. The number of hydrogen-bond acceptors (Lipinski definition) is 2. The van der Waals surface area contributed by atoms with Crippen LogP contribution in [0.2, 0.25) is 0 Å². The lowest BCUT2D eigenvalue weighted by atomic mass is 9.95. The second-order valence-corrected chi connectivity index (χ2v) is 2.81. The molecule has 0 bridgehead atoms. The molecule has 1 atom stereocenters. The maximum Gasteiger partial charge on any atom is 0.107 e. The van der Waals surface area contributed by atoms with Gasteiger partial charge in [0.15, 0.2) is 0 Å². The summed E-state index contributed by atoms with van der Waals surface area (Å²) in [5.74, 6) is 0. The summed E-state index contributed by atoms with van der Waals surface area (Å²) in [6.07, 6.45) is -0.701. The van der Waals surface area contributed by atoms with Crippen LogP contribution in [-0.4, -0.2) is 11.3 Å². The SMILES string of the molecule is CC(C)(C)C(N)O. The first-order valence-electron chi connectivity index (χ1n) is 2.38. The third-order valence-corrected chi connectivity index (χ3v) is 0.887. The third kappa shape index (κ3) is 2.60. The molecule has 0 aromatic rings. The number of aliphatic hydroxyl groups is 1. The number of nitrogens with two attached hydrogens (primary N) is 1. The van der Waals surface area contributed by atoms with E-state index >= 15 is 0 Å². The van der Waals surface area contributed by atoms with Gasteiger partial charge >= 0.3 is 0 Å². The molecule has 0 saturated carbocycles. The molecule has 0 saturated heterocycles.